The van der Waals surface area contributed by atoms with Crippen molar-refractivity contribution in [2.45, 2.75) is 25.9 Å². The second kappa shape index (κ2) is 5.08. The predicted molar refractivity (Wildman–Crippen MR) is 56.5 cm³/mol. The maximum atomic E-state index is 12.9. The van der Waals surface area contributed by atoms with Crippen LogP contribution in [0.2, 0.25) is 0 Å². The van der Waals surface area contributed by atoms with Gasteiger partial charge in [-0.05, 0) is 31.5 Å². The molecular weight excluding hydrogens is 179 g/mol. The summed E-state index contributed by atoms with van der Waals surface area (Å²) in [5.41, 5.74) is 6.44. The van der Waals surface area contributed by atoms with E-state index in [-0.39, 0.29) is 17.9 Å². The summed E-state index contributed by atoms with van der Waals surface area (Å²) in [6.07, 6.45) is 0. The van der Waals surface area contributed by atoms with Gasteiger partial charge in [-0.1, -0.05) is 12.1 Å². The second-order valence-corrected chi connectivity index (χ2v) is 3.58. The molecule has 3 N–H and O–H groups in total. The Hall–Kier alpha value is -0.930. The van der Waals surface area contributed by atoms with Gasteiger partial charge in [0.25, 0.3) is 0 Å². The van der Waals surface area contributed by atoms with Crippen molar-refractivity contribution in [2.75, 3.05) is 6.54 Å². The van der Waals surface area contributed by atoms with Crippen molar-refractivity contribution in [1.82, 2.24) is 5.32 Å². The van der Waals surface area contributed by atoms with E-state index in [1.165, 1.54) is 6.07 Å². The molecule has 0 amide bonds. The molecule has 0 saturated heterocycles. The average Bonchev–Trinajstić information content (AvgIpc) is 2.17. The minimum atomic E-state index is -0.198. The van der Waals surface area contributed by atoms with E-state index in [0.29, 0.717) is 6.54 Å². The van der Waals surface area contributed by atoms with E-state index in [4.69, 9.17) is 5.73 Å². The minimum absolute atomic E-state index is 0.129. The molecule has 1 unspecified atom stereocenters. The zero-order valence-corrected chi connectivity index (χ0v) is 8.63. The third-order valence-corrected chi connectivity index (χ3v) is 2.24. The lowest BCUT2D eigenvalue weighted by atomic mass is 10.1. The van der Waals surface area contributed by atoms with Gasteiger partial charge in [-0.25, -0.2) is 4.39 Å². The van der Waals surface area contributed by atoms with Crippen molar-refractivity contribution in [3.05, 3.63) is 35.6 Å². The molecule has 0 aromatic heterocycles. The van der Waals surface area contributed by atoms with Crippen molar-refractivity contribution >= 4 is 0 Å². The first kappa shape index (κ1) is 11.1. The first-order valence-electron chi connectivity index (χ1n) is 4.85. The van der Waals surface area contributed by atoms with Crippen LogP contribution in [0.1, 0.15) is 25.5 Å². The maximum Gasteiger partial charge on any atom is 0.123 e. The molecule has 2 nitrogen and oxygen atoms in total. The first-order chi connectivity index (χ1) is 6.63. The van der Waals surface area contributed by atoms with Crippen molar-refractivity contribution < 1.29 is 4.39 Å². The fourth-order valence-corrected chi connectivity index (χ4v) is 1.37. The minimum Gasteiger partial charge on any atom is -0.329 e. The van der Waals surface area contributed by atoms with Gasteiger partial charge >= 0.3 is 0 Å². The first-order valence-corrected chi connectivity index (χ1v) is 4.85. The van der Waals surface area contributed by atoms with Crippen LogP contribution in [0.4, 0.5) is 4.39 Å². The van der Waals surface area contributed by atoms with Gasteiger partial charge in [0.1, 0.15) is 5.82 Å². The number of benzene rings is 1. The Morgan fingerprint density at radius 1 is 1.43 bits per heavy atom. The molecule has 0 saturated carbocycles. The lowest BCUT2D eigenvalue weighted by Crippen LogP contribution is -2.35. The van der Waals surface area contributed by atoms with Gasteiger partial charge in [0, 0.05) is 18.6 Å². The van der Waals surface area contributed by atoms with E-state index in [9.17, 15) is 4.39 Å². The molecule has 0 heterocycles. The lowest BCUT2D eigenvalue weighted by molar-refractivity contribution is 0.483. The van der Waals surface area contributed by atoms with Crippen LogP contribution in [0.5, 0.6) is 0 Å². The third-order valence-electron chi connectivity index (χ3n) is 2.24. The zero-order chi connectivity index (χ0) is 10.6. The van der Waals surface area contributed by atoms with Gasteiger partial charge in [0.15, 0.2) is 0 Å². The monoisotopic (exact) mass is 196 g/mol. The summed E-state index contributed by atoms with van der Waals surface area (Å²) in [6.45, 7) is 4.59. The van der Waals surface area contributed by atoms with Gasteiger partial charge in [0.05, 0.1) is 0 Å². The summed E-state index contributed by atoms with van der Waals surface area (Å²) in [7, 11) is 0. The van der Waals surface area contributed by atoms with Crippen LogP contribution < -0.4 is 11.1 Å². The summed E-state index contributed by atoms with van der Waals surface area (Å²) in [5, 5.41) is 3.28. The van der Waals surface area contributed by atoms with E-state index in [2.05, 4.69) is 5.32 Å². The predicted octanol–water partition coefficient (Wildman–Crippen LogP) is 1.82. The molecule has 3 heteroatoms. The van der Waals surface area contributed by atoms with Gasteiger partial charge in [0.2, 0.25) is 0 Å². The molecule has 1 aromatic carbocycles. The fourth-order valence-electron chi connectivity index (χ4n) is 1.37. The number of halogens is 1. The van der Waals surface area contributed by atoms with Crippen LogP contribution in [0, 0.1) is 5.82 Å². The zero-order valence-electron chi connectivity index (χ0n) is 8.63. The molecule has 1 aromatic rings. The third kappa shape index (κ3) is 3.09. The van der Waals surface area contributed by atoms with Crippen molar-refractivity contribution in [1.29, 1.82) is 0 Å². The standard InChI is InChI=1S/C11H17FN2/c1-8(7-13)14-9(2)10-4-3-5-11(12)6-10/h3-6,8-9,14H,7,13H2,1-2H3/t8?,9-/m0/s1. The number of nitrogens with two attached hydrogens (primary N) is 1. The van der Waals surface area contributed by atoms with Crippen LogP contribution >= 0.6 is 0 Å². The molecule has 1 rings (SSSR count). The van der Waals surface area contributed by atoms with Crippen molar-refractivity contribution in [3.8, 4) is 0 Å². The molecule has 0 aliphatic heterocycles. The van der Waals surface area contributed by atoms with E-state index >= 15 is 0 Å². The highest BCUT2D eigenvalue weighted by Crippen LogP contribution is 2.13. The topological polar surface area (TPSA) is 38.0 Å². The van der Waals surface area contributed by atoms with Crippen LogP contribution in [0.15, 0.2) is 24.3 Å². The lowest BCUT2D eigenvalue weighted by Gasteiger charge is -2.18. The maximum absolute atomic E-state index is 12.9. The molecular formula is C11H17FN2. The van der Waals surface area contributed by atoms with Gasteiger partial charge in [-0.2, -0.15) is 0 Å². The van der Waals surface area contributed by atoms with Crippen LogP contribution in [0.3, 0.4) is 0 Å². The average molecular weight is 196 g/mol. The number of hydrogen-bond donors (Lipinski definition) is 2. The molecule has 0 radical (unpaired) electrons. The smallest absolute Gasteiger partial charge is 0.123 e. The van der Waals surface area contributed by atoms with Gasteiger partial charge in [-0.3, -0.25) is 0 Å². The summed E-state index contributed by atoms with van der Waals surface area (Å²) >= 11 is 0. The fraction of sp³-hybridized carbons (Fsp3) is 0.455. The molecule has 2 atom stereocenters. The Labute approximate surface area is 84.3 Å². The van der Waals surface area contributed by atoms with E-state index in [1.807, 2.05) is 19.9 Å². The second-order valence-electron chi connectivity index (χ2n) is 3.58. The molecule has 0 bridgehead atoms. The molecule has 0 aliphatic rings. The quantitative estimate of drug-likeness (QED) is 0.771. The highest BCUT2D eigenvalue weighted by atomic mass is 19.1. The summed E-state index contributed by atoms with van der Waals surface area (Å²) < 4.78 is 12.9. The number of rotatable bonds is 4. The molecule has 0 aliphatic carbocycles. The Morgan fingerprint density at radius 2 is 2.14 bits per heavy atom. The van der Waals surface area contributed by atoms with Crippen molar-refractivity contribution in [3.63, 3.8) is 0 Å². The van der Waals surface area contributed by atoms with Gasteiger partial charge < -0.3 is 11.1 Å². The number of hydrogen-bond acceptors (Lipinski definition) is 2. The highest BCUT2D eigenvalue weighted by Gasteiger charge is 2.08. The van der Waals surface area contributed by atoms with E-state index in [0.717, 1.165) is 5.56 Å². The highest BCUT2D eigenvalue weighted by molar-refractivity contribution is 5.19. The SMILES string of the molecule is CC(CN)N[C@@H](C)c1cccc(F)c1. The number of nitrogens with one attached hydrogen (secondary N) is 1. The van der Waals surface area contributed by atoms with Gasteiger partial charge in [-0.15, -0.1) is 0 Å². The summed E-state index contributed by atoms with van der Waals surface area (Å²) in [4.78, 5) is 0. The Morgan fingerprint density at radius 3 is 2.71 bits per heavy atom. The van der Waals surface area contributed by atoms with E-state index in [1.54, 1.807) is 12.1 Å². The Bertz CT molecular complexity index is 288. The van der Waals surface area contributed by atoms with Crippen LogP contribution in [-0.4, -0.2) is 12.6 Å². The normalized spacial score (nSPS) is 15.1. The molecule has 0 spiro atoms. The molecule has 78 valence electrons. The molecule has 0 fully saturated rings. The van der Waals surface area contributed by atoms with E-state index < -0.39 is 0 Å². The molecule has 14 heavy (non-hydrogen) atoms. The Kier molecular flexibility index (Phi) is 4.04. The van der Waals surface area contributed by atoms with Crippen LogP contribution in [0.25, 0.3) is 0 Å². The summed E-state index contributed by atoms with van der Waals surface area (Å²) in [5.74, 6) is -0.198. The van der Waals surface area contributed by atoms with Crippen molar-refractivity contribution in [2.24, 2.45) is 5.73 Å². The Balaban J connectivity index is 2.64. The largest absolute Gasteiger partial charge is 0.329 e. The van der Waals surface area contributed by atoms with Crippen LogP contribution in [-0.2, 0) is 0 Å². The summed E-state index contributed by atoms with van der Waals surface area (Å²) in [6, 6.07) is 6.99.